The molecule has 3 rings (SSSR count). The first-order chi connectivity index (χ1) is 18.6. The second-order valence-electron chi connectivity index (χ2n) is 8.93. The van der Waals surface area contributed by atoms with E-state index in [4.69, 9.17) is 27.5 Å². The molecule has 0 saturated carbocycles. The number of hydrogen-bond acceptors (Lipinski definition) is 6. The Kier molecular flexibility index (Phi) is 13.9. The van der Waals surface area contributed by atoms with Crippen molar-refractivity contribution in [2.24, 2.45) is 15.7 Å². The van der Waals surface area contributed by atoms with Gasteiger partial charge in [0.1, 0.15) is 6.23 Å². The summed E-state index contributed by atoms with van der Waals surface area (Å²) in [6.07, 6.45) is 2.52. The number of alkyl halides is 2. The zero-order valence-electron chi connectivity index (χ0n) is 21.9. The summed E-state index contributed by atoms with van der Waals surface area (Å²) in [7, 11) is 0. The number of aliphatic hydroxyl groups excluding tert-OH is 2. The number of aliphatic imine (C=N–C) groups is 2. The molecule has 3 aromatic carbocycles. The van der Waals surface area contributed by atoms with Crippen molar-refractivity contribution in [2.45, 2.75) is 63.9 Å². The van der Waals surface area contributed by atoms with Gasteiger partial charge in [-0.3, -0.25) is 9.98 Å². The van der Waals surface area contributed by atoms with Crippen LogP contribution in [0.4, 0.5) is 20.2 Å². The maximum atomic E-state index is 13.2. The average molecular weight is 560 g/mol. The van der Waals surface area contributed by atoms with Gasteiger partial charge in [-0.1, -0.05) is 73.5 Å². The lowest BCUT2D eigenvalue weighted by atomic mass is 10.1. The van der Waals surface area contributed by atoms with Crippen molar-refractivity contribution in [3.05, 3.63) is 94.5 Å². The number of nitrogens with zero attached hydrogens (tertiary/aromatic N) is 2. The fourth-order valence-electron chi connectivity index (χ4n) is 3.37. The van der Waals surface area contributed by atoms with Gasteiger partial charge in [-0.15, -0.1) is 0 Å². The molecule has 5 N–H and O–H groups in total. The zero-order chi connectivity index (χ0) is 28.7. The molecule has 210 valence electrons. The van der Waals surface area contributed by atoms with Crippen molar-refractivity contribution in [3.8, 4) is 0 Å². The Morgan fingerprint density at radius 1 is 0.923 bits per heavy atom. The second-order valence-corrected chi connectivity index (χ2v) is 9.37. The van der Waals surface area contributed by atoms with E-state index in [1.807, 2.05) is 42.5 Å². The Labute approximate surface area is 233 Å². The van der Waals surface area contributed by atoms with Crippen LogP contribution in [0.15, 0.2) is 82.8 Å². The van der Waals surface area contributed by atoms with Gasteiger partial charge in [-0.25, -0.2) is 8.78 Å². The standard InChI is InChI=1S/C20H23F2N3O3.C10H13Cl/c21-20(22,19(27)28)10-4-5-11-24-17-12-15(18(23)26)8-9-16(17)25-13-14-6-2-1-3-7-14;1-2-3-4-9-5-7-10(11)8-6-9/h1-3,6-9,11-13,18-19,26-28H,4-5,10,23H2;5-8H,2-4H2,1H3. The fourth-order valence-corrected chi connectivity index (χ4v) is 3.50. The average Bonchev–Trinajstić information content (AvgIpc) is 2.92. The summed E-state index contributed by atoms with van der Waals surface area (Å²) in [4.78, 5) is 8.64. The Morgan fingerprint density at radius 3 is 2.23 bits per heavy atom. The van der Waals surface area contributed by atoms with Gasteiger partial charge >= 0.3 is 0 Å². The molecule has 0 heterocycles. The van der Waals surface area contributed by atoms with Gasteiger partial charge in [0.05, 0.1) is 11.4 Å². The Morgan fingerprint density at radius 2 is 1.62 bits per heavy atom. The molecule has 0 aromatic heterocycles. The minimum atomic E-state index is -3.55. The van der Waals surface area contributed by atoms with E-state index in [1.165, 1.54) is 31.0 Å². The first kappa shape index (κ1) is 32.2. The molecule has 1 unspecified atom stereocenters. The molecule has 0 fully saturated rings. The summed E-state index contributed by atoms with van der Waals surface area (Å²) in [6.45, 7) is 2.20. The number of halogens is 3. The van der Waals surface area contributed by atoms with Crippen molar-refractivity contribution in [2.75, 3.05) is 0 Å². The monoisotopic (exact) mass is 559 g/mol. The number of nitrogens with two attached hydrogens (primary N) is 1. The van der Waals surface area contributed by atoms with Crippen LogP contribution in [-0.2, 0) is 6.42 Å². The Bertz CT molecular complexity index is 1170. The minimum absolute atomic E-state index is 0.0238. The van der Waals surface area contributed by atoms with Crippen molar-refractivity contribution in [1.29, 1.82) is 0 Å². The highest BCUT2D eigenvalue weighted by Gasteiger charge is 2.36. The van der Waals surface area contributed by atoms with E-state index in [0.29, 0.717) is 16.9 Å². The van der Waals surface area contributed by atoms with E-state index in [2.05, 4.69) is 29.0 Å². The van der Waals surface area contributed by atoms with E-state index < -0.39 is 24.9 Å². The quantitative estimate of drug-likeness (QED) is 0.110. The summed E-state index contributed by atoms with van der Waals surface area (Å²) < 4.78 is 26.3. The van der Waals surface area contributed by atoms with Crippen LogP contribution in [0.2, 0.25) is 5.02 Å². The van der Waals surface area contributed by atoms with Crippen LogP contribution in [0, 0.1) is 0 Å². The highest BCUT2D eigenvalue weighted by Crippen LogP contribution is 2.30. The summed E-state index contributed by atoms with van der Waals surface area (Å²) in [6, 6.07) is 22.4. The highest BCUT2D eigenvalue weighted by atomic mass is 35.5. The van der Waals surface area contributed by atoms with Gasteiger partial charge in [0.2, 0.25) is 6.29 Å². The summed E-state index contributed by atoms with van der Waals surface area (Å²) >= 11 is 5.75. The number of rotatable bonds is 12. The third kappa shape index (κ3) is 12.1. The fraction of sp³-hybridized carbons (Fsp3) is 0.333. The molecule has 0 aliphatic heterocycles. The molecule has 39 heavy (non-hydrogen) atoms. The first-order valence-electron chi connectivity index (χ1n) is 12.8. The molecule has 0 amide bonds. The summed E-state index contributed by atoms with van der Waals surface area (Å²) in [5, 5.41) is 27.6. The molecule has 0 aliphatic carbocycles. The van der Waals surface area contributed by atoms with Gasteiger partial charge in [0.25, 0.3) is 5.92 Å². The highest BCUT2D eigenvalue weighted by molar-refractivity contribution is 6.30. The first-order valence-corrected chi connectivity index (χ1v) is 13.2. The maximum absolute atomic E-state index is 13.2. The normalized spacial score (nSPS) is 12.6. The van der Waals surface area contributed by atoms with Crippen LogP contribution < -0.4 is 5.73 Å². The zero-order valence-corrected chi connectivity index (χ0v) is 22.7. The van der Waals surface area contributed by atoms with E-state index in [1.54, 1.807) is 24.4 Å². The minimum Gasteiger partial charge on any atom is -0.375 e. The van der Waals surface area contributed by atoms with E-state index in [9.17, 15) is 13.9 Å². The molecular formula is C30H36ClF2N3O3. The molecule has 0 spiro atoms. The van der Waals surface area contributed by atoms with Gasteiger partial charge in [-0.2, -0.15) is 0 Å². The number of unbranched alkanes of at least 4 members (excludes halogenated alkanes) is 2. The summed E-state index contributed by atoms with van der Waals surface area (Å²) in [5.74, 6) is -3.55. The van der Waals surface area contributed by atoms with Gasteiger partial charge in [0, 0.05) is 23.9 Å². The second kappa shape index (κ2) is 16.8. The van der Waals surface area contributed by atoms with Gasteiger partial charge in [0.15, 0.2) is 0 Å². The van der Waals surface area contributed by atoms with Crippen LogP contribution in [0.3, 0.4) is 0 Å². The topological polar surface area (TPSA) is 111 Å². The SMILES string of the molecule is CCCCc1ccc(Cl)cc1.NC(O)c1ccc(N=Cc2ccccc2)c(N=CCCCC(F)(F)C(O)O)c1. The number of aliphatic hydroxyl groups is 3. The van der Waals surface area contributed by atoms with Crippen LogP contribution >= 0.6 is 11.6 Å². The molecule has 3 aromatic rings. The van der Waals surface area contributed by atoms with E-state index in [-0.39, 0.29) is 12.8 Å². The predicted octanol–water partition coefficient (Wildman–Crippen LogP) is 6.89. The molecule has 0 aliphatic rings. The van der Waals surface area contributed by atoms with E-state index in [0.717, 1.165) is 10.6 Å². The largest absolute Gasteiger partial charge is 0.375 e. The van der Waals surface area contributed by atoms with Gasteiger partial charge in [-0.05, 0) is 66.6 Å². The molecule has 0 saturated heterocycles. The molecular weight excluding hydrogens is 524 g/mol. The lowest BCUT2D eigenvalue weighted by molar-refractivity contribution is -0.211. The number of benzene rings is 3. The lowest BCUT2D eigenvalue weighted by Crippen LogP contribution is -2.32. The van der Waals surface area contributed by atoms with Crippen molar-refractivity contribution < 1.29 is 24.1 Å². The Balaban J connectivity index is 0.000000404. The molecule has 1 atom stereocenters. The van der Waals surface area contributed by atoms with E-state index >= 15 is 0 Å². The number of hydrogen-bond donors (Lipinski definition) is 4. The lowest BCUT2D eigenvalue weighted by Gasteiger charge is -2.17. The van der Waals surface area contributed by atoms with Crippen LogP contribution in [0.1, 0.15) is 61.9 Å². The molecule has 6 nitrogen and oxygen atoms in total. The van der Waals surface area contributed by atoms with Crippen LogP contribution in [-0.4, -0.2) is 40.0 Å². The predicted molar refractivity (Wildman–Crippen MR) is 155 cm³/mol. The smallest absolute Gasteiger partial charge is 0.297 e. The molecule has 0 radical (unpaired) electrons. The van der Waals surface area contributed by atoms with Crippen molar-refractivity contribution >= 4 is 35.4 Å². The van der Waals surface area contributed by atoms with Crippen molar-refractivity contribution in [3.63, 3.8) is 0 Å². The van der Waals surface area contributed by atoms with Crippen molar-refractivity contribution in [1.82, 2.24) is 0 Å². The maximum Gasteiger partial charge on any atom is 0.297 e. The molecule has 9 heteroatoms. The number of aryl methyl sites for hydroxylation is 1. The van der Waals surface area contributed by atoms with Crippen LogP contribution in [0.5, 0.6) is 0 Å². The van der Waals surface area contributed by atoms with Gasteiger partial charge < -0.3 is 21.1 Å². The molecule has 0 bridgehead atoms. The third-order valence-corrected chi connectivity index (χ3v) is 5.93. The Hall–Kier alpha value is -3.01. The van der Waals surface area contributed by atoms with Crippen LogP contribution in [0.25, 0.3) is 0 Å². The summed E-state index contributed by atoms with van der Waals surface area (Å²) in [5.41, 5.74) is 9.17. The third-order valence-electron chi connectivity index (χ3n) is 5.68.